The molecule has 41 heavy (non-hydrogen) atoms. The highest BCUT2D eigenvalue weighted by molar-refractivity contribution is 6.30. The first-order chi connectivity index (χ1) is 20.0. The van der Waals surface area contributed by atoms with Crippen molar-refractivity contribution >= 4 is 23.4 Å². The van der Waals surface area contributed by atoms with Crippen molar-refractivity contribution in [2.24, 2.45) is 5.92 Å². The average molecular weight is 574 g/mol. The SMILES string of the molecule is O=C1C(CC2CCCCC2)NC(=O)C2(CCCN(Cc3ccc(-c4ccc(Cl)cc4)o3)CC2)N1Cc1ccccc1. The molecule has 2 aromatic carbocycles. The highest BCUT2D eigenvalue weighted by Crippen LogP contribution is 2.37. The van der Waals surface area contributed by atoms with Gasteiger partial charge in [0.25, 0.3) is 0 Å². The second kappa shape index (κ2) is 12.4. The smallest absolute Gasteiger partial charge is 0.246 e. The fourth-order valence-electron chi connectivity index (χ4n) is 7.07. The number of benzene rings is 2. The second-order valence-electron chi connectivity index (χ2n) is 12.1. The first-order valence-corrected chi connectivity index (χ1v) is 15.6. The molecule has 1 aromatic heterocycles. The summed E-state index contributed by atoms with van der Waals surface area (Å²) in [7, 11) is 0. The van der Waals surface area contributed by atoms with Crippen molar-refractivity contribution in [3.8, 4) is 11.3 Å². The molecule has 1 aliphatic carbocycles. The van der Waals surface area contributed by atoms with Crippen LogP contribution in [0.1, 0.15) is 69.1 Å². The lowest BCUT2D eigenvalue weighted by molar-refractivity contribution is -0.160. The Labute approximate surface area is 248 Å². The van der Waals surface area contributed by atoms with Gasteiger partial charge in [-0.3, -0.25) is 14.5 Å². The van der Waals surface area contributed by atoms with Gasteiger partial charge in [0.15, 0.2) is 0 Å². The zero-order valence-electron chi connectivity index (χ0n) is 23.7. The summed E-state index contributed by atoms with van der Waals surface area (Å²) in [5, 5.41) is 3.93. The number of rotatable bonds is 7. The van der Waals surface area contributed by atoms with E-state index in [-0.39, 0.29) is 11.8 Å². The lowest BCUT2D eigenvalue weighted by atomic mass is 9.80. The maximum Gasteiger partial charge on any atom is 0.246 e. The minimum Gasteiger partial charge on any atom is -0.460 e. The molecular weight excluding hydrogens is 534 g/mol. The van der Waals surface area contributed by atoms with Crippen LogP contribution in [-0.4, -0.2) is 46.3 Å². The Morgan fingerprint density at radius 2 is 1.63 bits per heavy atom. The van der Waals surface area contributed by atoms with Crippen LogP contribution in [0.3, 0.4) is 0 Å². The number of nitrogens with one attached hydrogen (secondary N) is 1. The number of hydrogen-bond donors (Lipinski definition) is 1. The summed E-state index contributed by atoms with van der Waals surface area (Å²) in [5.74, 6) is 2.34. The van der Waals surface area contributed by atoms with Crippen LogP contribution < -0.4 is 5.32 Å². The molecule has 2 aliphatic heterocycles. The lowest BCUT2D eigenvalue weighted by Crippen LogP contribution is -2.70. The fourth-order valence-corrected chi connectivity index (χ4v) is 7.20. The van der Waals surface area contributed by atoms with Gasteiger partial charge in [-0.25, -0.2) is 0 Å². The molecule has 7 heteroatoms. The molecule has 6 nitrogen and oxygen atoms in total. The van der Waals surface area contributed by atoms with E-state index in [0.29, 0.717) is 36.9 Å². The van der Waals surface area contributed by atoms with E-state index in [1.165, 1.54) is 19.3 Å². The third kappa shape index (κ3) is 6.24. The second-order valence-corrected chi connectivity index (χ2v) is 12.5. The maximum absolute atomic E-state index is 14.1. The Bertz CT molecular complexity index is 1330. The van der Waals surface area contributed by atoms with Crippen molar-refractivity contribution in [2.45, 2.75) is 82.5 Å². The van der Waals surface area contributed by atoms with Crippen LogP contribution in [0, 0.1) is 5.92 Å². The quantitative estimate of drug-likeness (QED) is 0.337. The third-order valence-electron chi connectivity index (χ3n) is 9.36. The standard InChI is InChI=1S/C34H40ClN3O3/c35-28-14-12-27(13-15-28)31-17-16-29(41-31)24-37-20-7-18-34(19-21-37)33(40)36-30(22-25-8-3-1-4-9-25)32(39)38(34)23-26-10-5-2-6-11-26/h2,5-6,10-17,25,30H,1,3-4,7-9,18-24H2,(H,36,40). The Hall–Kier alpha value is -3.09. The van der Waals surface area contributed by atoms with Crippen molar-refractivity contribution in [3.05, 3.63) is 83.1 Å². The number of likely N-dealkylation sites (tertiary alicyclic amines) is 1. The van der Waals surface area contributed by atoms with E-state index in [4.69, 9.17) is 16.0 Å². The number of carbonyl (C=O) groups excluding carboxylic acids is 2. The first-order valence-electron chi connectivity index (χ1n) is 15.2. The molecule has 216 valence electrons. The number of carbonyl (C=O) groups is 2. The summed E-state index contributed by atoms with van der Waals surface area (Å²) < 4.78 is 6.19. The normalized spacial score (nSPS) is 24.4. The average Bonchev–Trinajstić information content (AvgIpc) is 3.35. The molecule has 2 atom stereocenters. The third-order valence-corrected chi connectivity index (χ3v) is 9.61. The van der Waals surface area contributed by atoms with E-state index in [2.05, 4.69) is 22.3 Å². The molecule has 0 radical (unpaired) electrons. The van der Waals surface area contributed by atoms with Gasteiger partial charge in [-0.2, -0.15) is 0 Å². The molecule has 2 amide bonds. The van der Waals surface area contributed by atoms with Crippen molar-refractivity contribution in [1.82, 2.24) is 15.1 Å². The summed E-state index contributed by atoms with van der Waals surface area (Å²) in [5.41, 5.74) is 1.23. The molecule has 3 heterocycles. The van der Waals surface area contributed by atoms with Gasteiger partial charge in [0.1, 0.15) is 23.1 Å². The number of piperazine rings is 1. The summed E-state index contributed by atoms with van der Waals surface area (Å²) >= 11 is 6.05. The van der Waals surface area contributed by atoms with Crippen molar-refractivity contribution in [2.75, 3.05) is 13.1 Å². The Morgan fingerprint density at radius 1 is 0.854 bits per heavy atom. The predicted molar refractivity (Wildman–Crippen MR) is 161 cm³/mol. The molecule has 3 aliphatic rings. The number of furan rings is 1. The summed E-state index contributed by atoms with van der Waals surface area (Å²) in [4.78, 5) is 32.5. The molecular formula is C34H40ClN3O3. The number of halogens is 1. The molecule has 2 saturated heterocycles. The highest BCUT2D eigenvalue weighted by atomic mass is 35.5. The van der Waals surface area contributed by atoms with E-state index in [0.717, 1.165) is 61.4 Å². The molecule has 0 bridgehead atoms. The maximum atomic E-state index is 14.1. The van der Waals surface area contributed by atoms with Crippen LogP contribution in [0.2, 0.25) is 5.02 Å². The largest absolute Gasteiger partial charge is 0.460 e. The number of hydrogen-bond acceptors (Lipinski definition) is 4. The van der Waals surface area contributed by atoms with Crippen molar-refractivity contribution in [3.63, 3.8) is 0 Å². The molecule has 1 N–H and O–H groups in total. The van der Waals surface area contributed by atoms with E-state index in [1.54, 1.807) is 0 Å². The summed E-state index contributed by atoms with van der Waals surface area (Å²) in [6, 6.07) is 21.4. The number of nitrogens with zero attached hydrogens (tertiary/aromatic N) is 2. The highest BCUT2D eigenvalue weighted by Gasteiger charge is 2.52. The topological polar surface area (TPSA) is 65.8 Å². The Balaban J connectivity index is 1.18. The molecule has 1 saturated carbocycles. The zero-order chi connectivity index (χ0) is 28.2. The van der Waals surface area contributed by atoms with Crippen molar-refractivity contribution in [1.29, 1.82) is 0 Å². The molecule has 3 fully saturated rings. The van der Waals surface area contributed by atoms with Gasteiger partial charge in [0, 0.05) is 23.7 Å². The van der Waals surface area contributed by atoms with Crippen LogP contribution in [0.4, 0.5) is 0 Å². The van der Waals surface area contributed by atoms with E-state index >= 15 is 0 Å². The zero-order valence-corrected chi connectivity index (χ0v) is 24.5. The van der Waals surface area contributed by atoms with E-state index < -0.39 is 11.6 Å². The minimum absolute atomic E-state index is 0.0266. The first kappa shape index (κ1) is 28.0. The predicted octanol–water partition coefficient (Wildman–Crippen LogP) is 6.82. The summed E-state index contributed by atoms with van der Waals surface area (Å²) in [6.07, 6.45) is 8.92. The van der Waals surface area contributed by atoms with Gasteiger partial charge in [0.05, 0.1) is 6.54 Å². The molecule has 1 spiro atoms. The van der Waals surface area contributed by atoms with E-state index in [9.17, 15) is 9.59 Å². The lowest BCUT2D eigenvalue weighted by Gasteiger charge is -2.48. The Morgan fingerprint density at radius 3 is 2.41 bits per heavy atom. The van der Waals surface area contributed by atoms with Gasteiger partial charge in [-0.05, 0) is 80.1 Å². The van der Waals surface area contributed by atoms with Gasteiger partial charge >= 0.3 is 0 Å². The van der Waals surface area contributed by atoms with E-state index in [1.807, 2.05) is 59.5 Å². The molecule has 6 rings (SSSR count). The molecule has 2 unspecified atom stereocenters. The minimum atomic E-state index is -0.831. The van der Waals surface area contributed by atoms with Gasteiger partial charge in [-0.1, -0.05) is 74.0 Å². The fraction of sp³-hybridized carbons (Fsp3) is 0.471. The Kier molecular flexibility index (Phi) is 8.50. The van der Waals surface area contributed by atoms with Crippen molar-refractivity contribution < 1.29 is 14.0 Å². The van der Waals surface area contributed by atoms with Crippen LogP contribution in [0.5, 0.6) is 0 Å². The number of amides is 2. The van der Waals surface area contributed by atoms with Crippen LogP contribution in [0.15, 0.2) is 71.1 Å². The van der Waals surface area contributed by atoms with Gasteiger partial charge < -0.3 is 14.6 Å². The molecule has 3 aromatic rings. The van der Waals surface area contributed by atoms with Crippen LogP contribution in [-0.2, 0) is 22.7 Å². The summed E-state index contributed by atoms with van der Waals surface area (Å²) in [6.45, 7) is 2.71. The van der Waals surface area contributed by atoms with Crippen LogP contribution >= 0.6 is 11.6 Å². The van der Waals surface area contributed by atoms with Gasteiger partial charge in [-0.15, -0.1) is 0 Å². The van der Waals surface area contributed by atoms with Crippen LogP contribution in [0.25, 0.3) is 11.3 Å². The van der Waals surface area contributed by atoms with Gasteiger partial charge in [0.2, 0.25) is 11.8 Å². The monoisotopic (exact) mass is 573 g/mol.